The summed E-state index contributed by atoms with van der Waals surface area (Å²) in [5.41, 5.74) is 1.79. The third kappa shape index (κ3) is 4.44. The highest BCUT2D eigenvalue weighted by molar-refractivity contribution is 5.83. The van der Waals surface area contributed by atoms with Crippen molar-refractivity contribution in [3.8, 4) is 11.8 Å². The van der Waals surface area contributed by atoms with E-state index in [9.17, 15) is 9.50 Å². The molecular formula is C24H26F2N8O2. The van der Waals surface area contributed by atoms with Crippen molar-refractivity contribution in [1.29, 1.82) is 0 Å². The van der Waals surface area contributed by atoms with Crippen LogP contribution in [0.3, 0.4) is 0 Å². The highest BCUT2D eigenvalue weighted by Crippen LogP contribution is 2.40. The molecule has 36 heavy (non-hydrogen) atoms. The Kier molecular flexibility index (Phi) is 5.69. The first-order valence-corrected chi connectivity index (χ1v) is 11.9. The number of rotatable bonds is 7. The number of anilines is 3. The fourth-order valence-electron chi connectivity index (χ4n) is 4.44. The van der Waals surface area contributed by atoms with Crippen LogP contribution in [0.5, 0.6) is 11.8 Å². The first kappa shape index (κ1) is 22.7. The SMILES string of the molecule is Cc1cc2c(F)c(Oc3nc(Nc4cc(C5CC5)[nH]n4)cc(N4CCN(CO)CC4)n3)cc(F)c2[nH]1. The lowest BCUT2D eigenvalue weighted by molar-refractivity contribution is 0.102. The Morgan fingerprint density at radius 1 is 1.08 bits per heavy atom. The van der Waals surface area contributed by atoms with Crippen LogP contribution in [0.25, 0.3) is 10.9 Å². The van der Waals surface area contributed by atoms with Crippen molar-refractivity contribution in [1.82, 2.24) is 30.0 Å². The second-order valence-corrected chi connectivity index (χ2v) is 9.26. The number of nitrogens with zero attached hydrogens (tertiary/aromatic N) is 5. The van der Waals surface area contributed by atoms with E-state index in [0.717, 1.165) is 24.6 Å². The molecule has 2 fully saturated rings. The van der Waals surface area contributed by atoms with Crippen molar-refractivity contribution in [2.75, 3.05) is 43.1 Å². The summed E-state index contributed by atoms with van der Waals surface area (Å²) < 4.78 is 35.5. The summed E-state index contributed by atoms with van der Waals surface area (Å²) in [7, 11) is 0. The number of benzene rings is 1. The van der Waals surface area contributed by atoms with Gasteiger partial charge in [-0.2, -0.15) is 15.1 Å². The number of halogens is 2. The number of aliphatic hydroxyl groups is 1. The van der Waals surface area contributed by atoms with E-state index in [-0.39, 0.29) is 29.4 Å². The lowest BCUT2D eigenvalue weighted by atomic mass is 10.2. The van der Waals surface area contributed by atoms with Crippen LogP contribution in [0.15, 0.2) is 24.3 Å². The predicted molar refractivity (Wildman–Crippen MR) is 130 cm³/mol. The predicted octanol–water partition coefficient (Wildman–Crippen LogP) is 3.75. The number of fused-ring (bicyclic) bond motifs is 1. The number of aromatic nitrogens is 5. The molecule has 10 nitrogen and oxygen atoms in total. The van der Waals surface area contributed by atoms with Crippen LogP contribution in [-0.2, 0) is 0 Å². The smallest absolute Gasteiger partial charge is 0.326 e. The van der Waals surface area contributed by atoms with Crippen molar-refractivity contribution < 1.29 is 18.6 Å². The monoisotopic (exact) mass is 496 g/mol. The van der Waals surface area contributed by atoms with Gasteiger partial charge in [-0.1, -0.05) is 0 Å². The summed E-state index contributed by atoms with van der Waals surface area (Å²) in [6.07, 6.45) is 2.29. The van der Waals surface area contributed by atoms with E-state index < -0.39 is 11.6 Å². The van der Waals surface area contributed by atoms with Crippen LogP contribution < -0.4 is 15.0 Å². The Hall–Kier alpha value is -3.77. The molecule has 0 unspecified atom stereocenters. The van der Waals surface area contributed by atoms with Gasteiger partial charge in [-0.05, 0) is 25.8 Å². The van der Waals surface area contributed by atoms with Crippen LogP contribution in [0.4, 0.5) is 26.2 Å². The Labute approximate surface area is 205 Å². The number of H-pyrrole nitrogens is 2. The molecule has 1 saturated carbocycles. The Morgan fingerprint density at radius 3 is 2.64 bits per heavy atom. The second kappa shape index (κ2) is 9.03. The van der Waals surface area contributed by atoms with Gasteiger partial charge in [0.1, 0.15) is 11.6 Å². The third-order valence-electron chi connectivity index (χ3n) is 6.56. The average molecular weight is 497 g/mol. The Morgan fingerprint density at radius 2 is 1.89 bits per heavy atom. The van der Waals surface area contributed by atoms with Crippen molar-refractivity contribution in [2.45, 2.75) is 25.7 Å². The molecule has 0 amide bonds. The Bertz CT molecular complexity index is 1410. The van der Waals surface area contributed by atoms with Gasteiger partial charge in [0.2, 0.25) is 0 Å². The van der Waals surface area contributed by atoms with Gasteiger partial charge in [0.15, 0.2) is 23.2 Å². The molecule has 6 rings (SSSR count). The highest BCUT2D eigenvalue weighted by atomic mass is 19.1. The molecule has 4 heterocycles. The van der Waals surface area contributed by atoms with Crippen LogP contribution in [0.2, 0.25) is 0 Å². The molecule has 188 valence electrons. The minimum Gasteiger partial charge on any atom is -0.421 e. The van der Waals surface area contributed by atoms with Crippen LogP contribution in [0, 0.1) is 18.6 Å². The number of piperazine rings is 1. The molecule has 0 bridgehead atoms. The lowest BCUT2D eigenvalue weighted by Gasteiger charge is -2.34. The summed E-state index contributed by atoms with van der Waals surface area (Å²) >= 11 is 0. The molecule has 1 saturated heterocycles. The number of hydrogen-bond acceptors (Lipinski definition) is 8. The van der Waals surface area contributed by atoms with Gasteiger partial charge in [-0.25, -0.2) is 8.78 Å². The summed E-state index contributed by atoms with van der Waals surface area (Å²) in [4.78, 5) is 15.7. The standard InChI is InChI=1S/C24H26F2N8O2/c1-13-8-15-22(26)18(9-16(25)23(15)27-13)36-24-29-19(28-20-10-17(31-32-20)14-2-3-14)11-21(30-24)34-6-4-33(12-35)5-7-34/h8-11,14,27,35H,2-7,12H2,1H3,(H2,28,29,30,31,32). The van der Waals surface area contributed by atoms with Crippen LogP contribution in [-0.4, -0.2) is 68.1 Å². The second-order valence-electron chi connectivity index (χ2n) is 9.26. The average Bonchev–Trinajstić information content (AvgIpc) is 3.49. The van der Waals surface area contributed by atoms with Gasteiger partial charge in [0.25, 0.3) is 0 Å². The molecule has 1 aliphatic heterocycles. The van der Waals surface area contributed by atoms with Gasteiger partial charge >= 0.3 is 6.01 Å². The zero-order valence-corrected chi connectivity index (χ0v) is 19.7. The van der Waals surface area contributed by atoms with E-state index in [2.05, 4.69) is 30.5 Å². The largest absolute Gasteiger partial charge is 0.421 e. The number of aliphatic hydroxyl groups excluding tert-OH is 1. The van der Waals surface area contributed by atoms with E-state index in [1.54, 1.807) is 13.0 Å². The van der Waals surface area contributed by atoms with E-state index >= 15 is 4.39 Å². The number of aromatic amines is 2. The zero-order valence-electron chi connectivity index (χ0n) is 19.7. The fraction of sp³-hybridized carbons (Fsp3) is 0.375. The quantitative estimate of drug-likeness (QED) is 0.306. The first-order valence-electron chi connectivity index (χ1n) is 11.9. The van der Waals surface area contributed by atoms with Crippen molar-refractivity contribution >= 4 is 28.4 Å². The van der Waals surface area contributed by atoms with E-state index in [1.807, 2.05) is 15.9 Å². The highest BCUT2D eigenvalue weighted by Gasteiger charge is 2.26. The lowest BCUT2D eigenvalue weighted by Crippen LogP contribution is -2.46. The molecule has 0 radical (unpaired) electrons. The third-order valence-corrected chi connectivity index (χ3v) is 6.56. The summed E-state index contributed by atoms with van der Waals surface area (Å²) in [6.45, 7) is 4.29. The van der Waals surface area contributed by atoms with Crippen molar-refractivity contribution in [3.63, 3.8) is 0 Å². The molecular weight excluding hydrogens is 470 g/mol. The maximum absolute atomic E-state index is 15.2. The van der Waals surface area contributed by atoms with Crippen molar-refractivity contribution in [2.24, 2.45) is 0 Å². The molecule has 1 aliphatic carbocycles. The molecule has 0 spiro atoms. The summed E-state index contributed by atoms with van der Waals surface area (Å²) in [6, 6.07) is 6.11. The molecule has 1 aromatic carbocycles. The minimum absolute atomic E-state index is 0.00673. The topological polar surface area (TPSA) is 118 Å². The number of aryl methyl sites for hydroxylation is 1. The van der Waals surface area contributed by atoms with E-state index in [1.165, 1.54) is 6.07 Å². The maximum atomic E-state index is 15.2. The molecule has 4 aromatic rings. The summed E-state index contributed by atoms with van der Waals surface area (Å²) in [5.74, 6) is 0.457. The van der Waals surface area contributed by atoms with Gasteiger partial charge in [0, 0.05) is 67.1 Å². The molecule has 3 aromatic heterocycles. The van der Waals surface area contributed by atoms with Crippen molar-refractivity contribution in [3.05, 3.63) is 47.3 Å². The van der Waals surface area contributed by atoms with Crippen LogP contribution >= 0.6 is 0 Å². The molecule has 4 N–H and O–H groups in total. The molecule has 2 aliphatic rings. The fourth-order valence-corrected chi connectivity index (χ4v) is 4.44. The zero-order chi connectivity index (χ0) is 24.8. The minimum atomic E-state index is -0.697. The molecule has 12 heteroatoms. The summed E-state index contributed by atoms with van der Waals surface area (Å²) in [5, 5.41) is 20.0. The van der Waals surface area contributed by atoms with E-state index in [4.69, 9.17) is 4.74 Å². The number of nitrogens with one attached hydrogen (secondary N) is 3. The van der Waals surface area contributed by atoms with E-state index in [0.29, 0.717) is 55.2 Å². The molecule has 0 atom stereocenters. The van der Waals surface area contributed by atoms with Gasteiger partial charge in [-0.3, -0.25) is 10.00 Å². The van der Waals surface area contributed by atoms with Gasteiger partial charge in [0.05, 0.1) is 12.2 Å². The number of ether oxygens (including phenoxy) is 1. The first-order chi connectivity index (χ1) is 17.5. The van der Waals surface area contributed by atoms with Gasteiger partial charge in [-0.15, -0.1) is 0 Å². The number of hydrogen-bond donors (Lipinski definition) is 4. The normalized spacial score (nSPS) is 16.6. The Balaban J connectivity index is 1.33. The van der Waals surface area contributed by atoms with Gasteiger partial charge < -0.3 is 25.0 Å². The maximum Gasteiger partial charge on any atom is 0.326 e. The van der Waals surface area contributed by atoms with Crippen LogP contribution in [0.1, 0.15) is 30.1 Å².